The molecule has 2 aliphatic heterocycles. The number of aromatic amines is 1. The lowest BCUT2D eigenvalue weighted by Gasteiger charge is -2.30. The van der Waals surface area contributed by atoms with Crippen LogP contribution in [0.5, 0.6) is 0 Å². The maximum atomic E-state index is 12.6. The molecule has 3 heterocycles. The third-order valence-corrected chi connectivity index (χ3v) is 4.10. The average molecular weight is 278 g/mol. The van der Waals surface area contributed by atoms with Crippen LogP contribution in [-0.4, -0.2) is 50.5 Å². The van der Waals surface area contributed by atoms with E-state index in [9.17, 15) is 9.59 Å². The molecule has 0 aromatic carbocycles. The number of aliphatic carboxylic acids is 1. The van der Waals surface area contributed by atoms with Crippen LogP contribution in [-0.2, 0) is 22.6 Å². The van der Waals surface area contributed by atoms with Crippen LogP contribution in [0.3, 0.4) is 0 Å². The highest BCUT2D eigenvalue weighted by atomic mass is 16.4. The van der Waals surface area contributed by atoms with Gasteiger partial charge in [0.1, 0.15) is 0 Å². The zero-order chi connectivity index (χ0) is 14.1. The third-order valence-electron chi connectivity index (χ3n) is 4.10. The fraction of sp³-hybridized carbons (Fsp3) is 0.615. The van der Waals surface area contributed by atoms with E-state index >= 15 is 0 Å². The van der Waals surface area contributed by atoms with E-state index in [1.54, 1.807) is 11.2 Å². The van der Waals surface area contributed by atoms with Crippen molar-refractivity contribution in [1.29, 1.82) is 0 Å². The summed E-state index contributed by atoms with van der Waals surface area (Å²) < 4.78 is 0. The summed E-state index contributed by atoms with van der Waals surface area (Å²) in [6.45, 7) is 1.26. The minimum Gasteiger partial charge on any atom is -0.481 e. The first-order valence-electron chi connectivity index (χ1n) is 6.92. The number of likely N-dealkylation sites (tertiary alicyclic amines) is 1. The van der Waals surface area contributed by atoms with Crippen LogP contribution in [0.1, 0.15) is 30.7 Å². The summed E-state index contributed by atoms with van der Waals surface area (Å²) in [7, 11) is 0. The van der Waals surface area contributed by atoms with E-state index in [2.05, 4.69) is 15.3 Å². The molecule has 1 saturated heterocycles. The number of imidazole rings is 1. The Hall–Kier alpha value is -1.89. The Bertz CT molecular complexity index is 527. The maximum Gasteiger partial charge on any atom is 0.305 e. The van der Waals surface area contributed by atoms with Crippen molar-refractivity contribution >= 4 is 11.9 Å². The second kappa shape index (κ2) is 5.24. The van der Waals surface area contributed by atoms with Gasteiger partial charge in [-0.3, -0.25) is 14.9 Å². The molecule has 0 radical (unpaired) electrons. The molecule has 7 heteroatoms. The van der Waals surface area contributed by atoms with E-state index in [0.717, 1.165) is 24.2 Å². The Morgan fingerprint density at radius 2 is 2.35 bits per heavy atom. The minimum absolute atomic E-state index is 0.00222. The highest BCUT2D eigenvalue weighted by molar-refractivity contribution is 5.83. The van der Waals surface area contributed by atoms with Crippen molar-refractivity contribution in [2.45, 2.75) is 44.3 Å². The van der Waals surface area contributed by atoms with Crippen LogP contribution >= 0.6 is 0 Å². The van der Waals surface area contributed by atoms with Crippen LogP contribution in [0.15, 0.2) is 6.33 Å². The number of nitrogens with zero attached hydrogens (tertiary/aromatic N) is 2. The van der Waals surface area contributed by atoms with Crippen molar-refractivity contribution in [3.63, 3.8) is 0 Å². The number of amides is 1. The van der Waals surface area contributed by atoms with E-state index in [4.69, 9.17) is 5.11 Å². The largest absolute Gasteiger partial charge is 0.481 e. The number of carboxylic acids is 1. The zero-order valence-electron chi connectivity index (χ0n) is 11.1. The van der Waals surface area contributed by atoms with Crippen LogP contribution in [0.25, 0.3) is 0 Å². The van der Waals surface area contributed by atoms with Crippen molar-refractivity contribution in [3.8, 4) is 0 Å². The van der Waals surface area contributed by atoms with Crippen LogP contribution in [0.4, 0.5) is 0 Å². The fourth-order valence-corrected chi connectivity index (χ4v) is 3.08. The molecule has 1 amide bonds. The number of hydrogen-bond acceptors (Lipinski definition) is 4. The predicted molar refractivity (Wildman–Crippen MR) is 69.9 cm³/mol. The van der Waals surface area contributed by atoms with Gasteiger partial charge in [0.15, 0.2) is 0 Å². The van der Waals surface area contributed by atoms with Crippen LogP contribution in [0.2, 0.25) is 0 Å². The van der Waals surface area contributed by atoms with Gasteiger partial charge in [0.05, 0.1) is 30.2 Å². The second-order valence-electron chi connectivity index (χ2n) is 5.39. The average Bonchev–Trinajstić information content (AvgIpc) is 3.04. The van der Waals surface area contributed by atoms with Crippen LogP contribution < -0.4 is 5.32 Å². The Labute approximate surface area is 116 Å². The normalized spacial score (nSPS) is 25.5. The first-order valence-corrected chi connectivity index (χ1v) is 6.92. The van der Waals surface area contributed by atoms with Crippen molar-refractivity contribution in [1.82, 2.24) is 20.2 Å². The molecule has 0 bridgehead atoms. The number of nitrogens with one attached hydrogen (secondary N) is 2. The first-order chi connectivity index (χ1) is 9.65. The van der Waals surface area contributed by atoms with E-state index in [-0.39, 0.29) is 24.4 Å². The van der Waals surface area contributed by atoms with E-state index in [1.807, 2.05) is 0 Å². The Balaban J connectivity index is 1.68. The van der Waals surface area contributed by atoms with Gasteiger partial charge in [-0.05, 0) is 12.8 Å². The minimum atomic E-state index is -0.846. The van der Waals surface area contributed by atoms with Gasteiger partial charge in [0, 0.05) is 25.6 Å². The monoisotopic (exact) mass is 278 g/mol. The summed E-state index contributed by atoms with van der Waals surface area (Å²) in [6, 6.07) is -0.456. The lowest BCUT2D eigenvalue weighted by atomic mass is 10.0. The second-order valence-corrected chi connectivity index (χ2v) is 5.39. The number of fused-ring (bicyclic) bond motifs is 1. The van der Waals surface area contributed by atoms with Crippen molar-refractivity contribution in [3.05, 3.63) is 17.7 Å². The predicted octanol–water partition coefficient (Wildman–Crippen LogP) is -0.110. The molecular formula is C13H18N4O3. The molecule has 2 aliphatic rings. The Kier molecular flexibility index (Phi) is 3.43. The summed E-state index contributed by atoms with van der Waals surface area (Å²) in [5.41, 5.74) is 1.95. The quantitative estimate of drug-likeness (QED) is 0.716. The van der Waals surface area contributed by atoms with Gasteiger partial charge in [0.25, 0.3) is 0 Å². The van der Waals surface area contributed by atoms with E-state index in [0.29, 0.717) is 19.5 Å². The third kappa shape index (κ3) is 2.40. The molecule has 2 atom stereocenters. The highest BCUT2D eigenvalue weighted by Crippen LogP contribution is 2.23. The number of aromatic nitrogens is 2. The topological polar surface area (TPSA) is 98.3 Å². The van der Waals surface area contributed by atoms with Gasteiger partial charge in [-0.15, -0.1) is 0 Å². The number of carbonyl (C=O) groups is 2. The highest BCUT2D eigenvalue weighted by Gasteiger charge is 2.35. The van der Waals surface area contributed by atoms with Gasteiger partial charge in [-0.25, -0.2) is 4.98 Å². The molecule has 0 saturated carbocycles. The molecule has 3 rings (SSSR count). The molecule has 1 fully saturated rings. The van der Waals surface area contributed by atoms with Crippen molar-refractivity contribution in [2.24, 2.45) is 0 Å². The van der Waals surface area contributed by atoms with Gasteiger partial charge < -0.3 is 15.0 Å². The van der Waals surface area contributed by atoms with Gasteiger partial charge >= 0.3 is 5.97 Å². The molecule has 2 unspecified atom stereocenters. The smallest absolute Gasteiger partial charge is 0.305 e. The lowest BCUT2D eigenvalue weighted by molar-refractivity contribution is -0.140. The molecule has 108 valence electrons. The molecule has 1 aromatic heterocycles. The zero-order valence-corrected chi connectivity index (χ0v) is 11.1. The number of carboxylic acid groups (broad SMARTS) is 1. The molecule has 20 heavy (non-hydrogen) atoms. The Morgan fingerprint density at radius 3 is 3.15 bits per heavy atom. The standard InChI is InChI=1S/C13H18N4O3/c18-12(19)4-8-2-1-3-17(8)13(20)10-5-9-11(6-14-10)16-7-15-9/h7-8,10,14H,1-6H2,(H,15,16)(H,18,19). The molecule has 3 N–H and O–H groups in total. The van der Waals surface area contributed by atoms with Crippen LogP contribution in [0, 0.1) is 0 Å². The molecule has 1 aromatic rings. The summed E-state index contributed by atoms with van der Waals surface area (Å²) in [6.07, 6.45) is 3.89. The summed E-state index contributed by atoms with van der Waals surface area (Å²) in [5, 5.41) is 12.1. The van der Waals surface area contributed by atoms with Gasteiger partial charge in [-0.2, -0.15) is 0 Å². The summed E-state index contributed by atoms with van der Waals surface area (Å²) in [4.78, 5) is 32.4. The molecule has 7 nitrogen and oxygen atoms in total. The molecule has 0 aliphatic carbocycles. The summed E-state index contributed by atoms with van der Waals surface area (Å²) >= 11 is 0. The van der Waals surface area contributed by atoms with E-state index < -0.39 is 5.97 Å². The summed E-state index contributed by atoms with van der Waals surface area (Å²) in [5.74, 6) is -0.844. The maximum absolute atomic E-state index is 12.6. The number of hydrogen-bond donors (Lipinski definition) is 3. The number of rotatable bonds is 3. The van der Waals surface area contributed by atoms with Gasteiger partial charge in [0.2, 0.25) is 5.91 Å². The lowest BCUT2D eigenvalue weighted by Crippen LogP contribution is -2.51. The first kappa shape index (κ1) is 13.1. The number of H-pyrrole nitrogens is 1. The van der Waals surface area contributed by atoms with Crippen molar-refractivity contribution < 1.29 is 14.7 Å². The van der Waals surface area contributed by atoms with Gasteiger partial charge in [-0.1, -0.05) is 0 Å². The fourth-order valence-electron chi connectivity index (χ4n) is 3.08. The van der Waals surface area contributed by atoms with Crippen molar-refractivity contribution in [2.75, 3.05) is 6.54 Å². The number of carbonyl (C=O) groups excluding carboxylic acids is 1. The molecule has 0 spiro atoms. The van der Waals surface area contributed by atoms with E-state index in [1.165, 1.54) is 0 Å². The molecular weight excluding hydrogens is 260 g/mol. The Morgan fingerprint density at radius 1 is 1.50 bits per heavy atom. The SMILES string of the molecule is O=C(O)CC1CCCN1C(=O)C1Cc2nc[nH]c2CN1.